The summed E-state index contributed by atoms with van der Waals surface area (Å²) in [5.74, 6) is 0. The molecular formula is C14H11BrN2O2. The van der Waals surface area contributed by atoms with Gasteiger partial charge in [-0.2, -0.15) is 0 Å². The highest BCUT2D eigenvalue weighted by molar-refractivity contribution is 9.10. The smallest absolute Gasteiger partial charge is 0.408 e. The topological polar surface area (TPSA) is 51.2 Å². The van der Waals surface area contributed by atoms with Gasteiger partial charge in [0, 0.05) is 10.7 Å². The summed E-state index contributed by atoms with van der Waals surface area (Å²) in [6.07, 6.45) is 0.933. The minimum Gasteiger partial charge on any atom is -0.439 e. The van der Waals surface area contributed by atoms with Crippen LogP contribution >= 0.6 is 15.9 Å². The molecular weight excluding hydrogens is 308 g/mol. The molecule has 1 aromatic carbocycles. The fourth-order valence-corrected chi connectivity index (χ4v) is 2.50. The number of cyclic esters (lactones) is 1. The highest BCUT2D eigenvalue weighted by Crippen LogP contribution is 2.36. The first-order valence-corrected chi connectivity index (χ1v) is 6.67. The Morgan fingerprint density at radius 3 is 2.74 bits per heavy atom. The predicted molar refractivity (Wildman–Crippen MR) is 73.5 cm³/mol. The van der Waals surface area contributed by atoms with Crippen molar-refractivity contribution in [1.82, 2.24) is 10.3 Å². The summed E-state index contributed by atoms with van der Waals surface area (Å²) in [5, 5.41) is 2.80. The lowest BCUT2D eigenvalue weighted by Crippen LogP contribution is -2.20. The minimum absolute atomic E-state index is 0.271. The fourth-order valence-electron chi connectivity index (χ4n) is 2.14. The molecule has 19 heavy (non-hydrogen) atoms. The van der Waals surface area contributed by atoms with Crippen LogP contribution in [-0.4, -0.2) is 11.1 Å². The van der Waals surface area contributed by atoms with E-state index in [1.807, 2.05) is 42.5 Å². The van der Waals surface area contributed by atoms with Crippen LogP contribution in [0.5, 0.6) is 0 Å². The Morgan fingerprint density at radius 2 is 2.00 bits per heavy atom. The van der Waals surface area contributed by atoms with Gasteiger partial charge >= 0.3 is 6.09 Å². The number of nitrogens with one attached hydrogen (secondary N) is 1. The van der Waals surface area contributed by atoms with Gasteiger partial charge in [-0.3, -0.25) is 4.98 Å². The second-order valence-corrected chi connectivity index (χ2v) is 5.17. The molecule has 0 spiro atoms. The Morgan fingerprint density at radius 1 is 1.21 bits per heavy atom. The lowest BCUT2D eigenvalue weighted by molar-refractivity contribution is 0.132. The first kappa shape index (κ1) is 12.2. The van der Waals surface area contributed by atoms with E-state index >= 15 is 0 Å². The average molecular weight is 319 g/mol. The van der Waals surface area contributed by atoms with Gasteiger partial charge in [0.15, 0.2) is 6.10 Å². The van der Waals surface area contributed by atoms with Gasteiger partial charge in [0.2, 0.25) is 0 Å². The summed E-state index contributed by atoms with van der Waals surface area (Å²) >= 11 is 3.41. The van der Waals surface area contributed by atoms with Gasteiger partial charge < -0.3 is 10.1 Å². The zero-order chi connectivity index (χ0) is 13.2. The predicted octanol–water partition coefficient (Wildman–Crippen LogP) is 3.37. The number of carbonyl (C=O) groups excluding carboxylic acids is 1. The molecule has 96 valence electrons. The molecule has 0 radical (unpaired) electrons. The Labute approximate surface area is 118 Å². The Bertz CT molecular complexity index is 603. The standard InChI is InChI=1S/C14H11BrN2O2/c15-10-6-7-16-11(8-10)12-13(19-14(18)17-12)9-4-2-1-3-5-9/h1-8,12-13H,(H,17,18)/t12-,13-/m1/s1. The number of ether oxygens (including phenoxy) is 1. The van der Waals surface area contributed by atoms with E-state index in [0.717, 1.165) is 15.7 Å². The normalized spacial score (nSPS) is 21.8. The van der Waals surface area contributed by atoms with E-state index in [1.165, 1.54) is 0 Å². The van der Waals surface area contributed by atoms with Crippen molar-refractivity contribution < 1.29 is 9.53 Å². The number of benzene rings is 1. The van der Waals surface area contributed by atoms with E-state index in [9.17, 15) is 4.79 Å². The second kappa shape index (κ2) is 5.01. The van der Waals surface area contributed by atoms with E-state index in [0.29, 0.717) is 0 Å². The second-order valence-electron chi connectivity index (χ2n) is 4.26. The van der Waals surface area contributed by atoms with Crippen LogP contribution in [0.15, 0.2) is 53.1 Å². The van der Waals surface area contributed by atoms with Gasteiger partial charge in [-0.1, -0.05) is 46.3 Å². The first-order valence-electron chi connectivity index (χ1n) is 5.87. The summed E-state index contributed by atoms with van der Waals surface area (Å²) in [6, 6.07) is 13.1. The van der Waals surface area contributed by atoms with Gasteiger partial charge in [-0.05, 0) is 17.7 Å². The number of carbonyl (C=O) groups is 1. The maximum Gasteiger partial charge on any atom is 0.408 e. The Kier molecular flexibility index (Phi) is 3.21. The molecule has 1 aliphatic rings. The minimum atomic E-state index is -0.416. The Balaban J connectivity index is 1.97. The lowest BCUT2D eigenvalue weighted by Gasteiger charge is -2.16. The Hall–Kier alpha value is -1.88. The maximum atomic E-state index is 11.5. The summed E-state index contributed by atoms with van der Waals surface area (Å²) in [5.41, 5.74) is 1.72. The van der Waals surface area contributed by atoms with Crippen LogP contribution in [0.1, 0.15) is 23.4 Å². The monoisotopic (exact) mass is 318 g/mol. The lowest BCUT2D eigenvalue weighted by atomic mass is 10.0. The van der Waals surface area contributed by atoms with E-state index in [4.69, 9.17) is 4.74 Å². The molecule has 0 saturated carbocycles. The SMILES string of the molecule is O=C1N[C@H](c2cc(Br)ccn2)[C@@H](c2ccccc2)O1. The number of nitrogens with zero attached hydrogens (tertiary/aromatic N) is 1. The molecule has 5 heteroatoms. The molecule has 3 rings (SSSR count). The molecule has 0 unspecified atom stereocenters. The molecule has 2 atom stereocenters. The van der Waals surface area contributed by atoms with Gasteiger partial charge in [-0.25, -0.2) is 4.79 Å². The summed E-state index contributed by atoms with van der Waals surface area (Å²) < 4.78 is 6.27. The van der Waals surface area contributed by atoms with Crippen molar-refractivity contribution in [3.63, 3.8) is 0 Å². The van der Waals surface area contributed by atoms with Crippen molar-refractivity contribution in [2.24, 2.45) is 0 Å². The third kappa shape index (κ3) is 2.46. The van der Waals surface area contributed by atoms with E-state index in [1.54, 1.807) is 6.20 Å². The van der Waals surface area contributed by atoms with Crippen molar-refractivity contribution in [3.05, 3.63) is 64.4 Å². The number of hydrogen-bond acceptors (Lipinski definition) is 3. The third-order valence-electron chi connectivity index (χ3n) is 3.00. The molecule has 1 saturated heterocycles. The van der Waals surface area contributed by atoms with Crippen LogP contribution in [0.4, 0.5) is 4.79 Å². The van der Waals surface area contributed by atoms with Crippen LogP contribution in [-0.2, 0) is 4.74 Å². The third-order valence-corrected chi connectivity index (χ3v) is 3.49. The summed E-state index contributed by atoms with van der Waals surface area (Å²) in [7, 11) is 0. The van der Waals surface area contributed by atoms with Crippen molar-refractivity contribution in [3.8, 4) is 0 Å². The molecule has 2 heterocycles. The molecule has 1 fully saturated rings. The largest absolute Gasteiger partial charge is 0.439 e. The number of hydrogen-bond donors (Lipinski definition) is 1. The van der Waals surface area contributed by atoms with Gasteiger partial charge in [-0.15, -0.1) is 0 Å². The number of halogens is 1. The number of amides is 1. The molecule has 1 aromatic heterocycles. The van der Waals surface area contributed by atoms with Crippen LogP contribution in [0.2, 0.25) is 0 Å². The number of rotatable bonds is 2. The average Bonchev–Trinajstić information content (AvgIpc) is 2.82. The number of alkyl carbamates (subject to hydrolysis) is 1. The quantitative estimate of drug-likeness (QED) is 0.923. The highest BCUT2D eigenvalue weighted by Gasteiger charge is 2.37. The van der Waals surface area contributed by atoms with Crippen molar-refractivity contribution >= 4 is 22.0 Å². The highest BCUT2D eigenvalue weighted by atomic mass is 79.9. The zero-order valence-corrected chi connectivity index (χ0v) is 11.5. The van der Waals surface area contributed by atoms with Crippen LogP contribution < -0.4 is 5.32 Å². The molecule has 0 aliphatic carbocycles. The summed E-state index contributed by atoms with van der Waals surface area (Å²) in [6.45, 7) is 0. The van der Waals surface area contributed by atoms with E-state index < -0.39 is 6.09 Å². The maximum absolute atomic E-state index is 11.5. The molecule has 0 bridgehead atoms. The molecule has 2 aromatic rings. The van der Waals surface area contributed by atoms with Gasteiger partial charge in [0.25, 0.3) is 0 Å². The van der Waals surface area contributed by atoms with Crippen LogP contribution in [0.3, 0.4) is 0 Å². The zero-order valence-electron chi connectivity index (χ0n) is 9.92. The van der Waals surface area contributed by atoms with Crippen LogP contribution in [0.25, 0.3) is 0 Å². The van der Waals surface area contributed by atoms with Gasteiger partial charge in [0.1, 0.15) is 6.04 Å². The van der Waals surface area contributed by atoms with Crippen LogP contribution in [0, 0.1) is 0 Å². The van der Waals surface area contributed by atoms with Crippen molar-refractivity contribution in [1.29, 1.82) is 0 Å². The fraction of sp³-hybridized carbons (Fsp3) is 0.143. The molecule has 4 nitrogen and oxygen atoms in total. The number of aromatic nitrogens is 1. The van der Waals surface area contributed by atoms with E-state index in [2.05, 4.69) is 26.2 Å². The molecule has 1 amide bonds. The van der Waals surface area contributed by atoms with Crippen molar-refractivity contribution in [2.75, 3.05) is 0 Å². The number of pyridine rings is 1. The summed E-state index contributed by atoms with van der Waals surface area (Å²) in [4.78, 5) is 15.8. The van der Waals surface area contributed by atoms with E-state index in [-0.39, 0.29) is 12.1 Å². The first-order chi connectivity index (χ1) is 9.24. The molecule has 1 aliphatic heterocycles. The van der Waals surface area contributed by atoms with Gasteiger partial charge in [0.05, 0.1) is 5.69 Å². The molecule has 1 N–H and O–H groups in total. The van der Waals surface area contributed by atoms with Crippen molar-refractivity contribution in [2.45, 2.75) is 12.1 Å².